The van der Waals surface area contributed by atoms with Crippen LogP contribution in [-0.4, -0.2) is 13.4 Å². The summed E-state index contributed by atoms with van der Waals surface area (Å²) in [4.78, 5) is 3.46. The van der Waals surface area contributed by atoms with Crippen LogP contribution in [0.4, 0.5) is 10.2 Å². The number of sulfonamides is 1. The van der Waals surface area contributed by atoms with Gasteiger partial charge < -0.3 is 4.74 Å². The van der Waals surface area contributed by atoms with Crippen LogP contribution in [0.5, 0.6) is 11.5 Å². The molecule has 1 aromatic heterocycles. The molecule has 0 aliphatic carbocycles. The molecule has 2 aromatic carbocycles. The number of hydrogen-bond acceptors (Lipinski definition) is 6. The molecule has 0 radical (unpaired) electrons. The number of hydrogen-bond donors (Lipinski definition) is 1. The minimum absolute atomic E-state index is 0.0148. The fourth-order valence-corrected chi connectivity index (χ4v) is 3.43. The molecule has 0 atom stereocenters. The number of nitrogens with zero attached hydrogens (tertiary/aromatic N) is 3. The second-order valence-corrected chi connectivity index (χ2v) is 7.61. The van der Waals surface area contributed by atoms with Crippen molar-refractivity contribution in [1.82, 2.24) is 4.98 Å². The highest BCUT2D eigenvalue weighted by Gasteiger charge is 2.18. The standard InChI is InChI=1S/C20H13FN4O3S/c1-13-2-4-17(8-14(13)10-22)28-19-6-5-18(9-15(19)11-23)29(26,27)25-20-7-3-16(21)12-24-20/h2-9,12H,1H3,(H,24,25). The second-order valence-electron chi connectivity index (χ2n) is 5.93. The first-order valence-corrected chi connectivity index (χ1v) is 9.68. The zero-order chi connectivity index (χ0) is 21.0. The summed E-state index contributed by atoms with van der Waals surface area (Å²) in [5, 5.41) is 18.5. The molecule has 1 N–H and O–H groups in total. The van der Waals surface area contributed by atoms with E-state index in [-0.39, 0.29) is 22.0 Å². The highest BCUT2D eigenvalue weighted by atomic mass is 32.2. The monoisotopic (exact) mass is 408 g/mol. The molecule has 3 rings (SSSR count). The molecule has 1 heterocycles. The van der Waals surface area contributed by atoms with E-state index in [2.05, 4.69) is 9.71 Å². The maximum atomic E-state index is 12.9. The molecule has 144 valence electrons. The number of aromatic nitrogens is 1. The van der Waals surface area contributed by atoms with Gasteiger partial charge in [0.1, 0.15) is 29.2 Å². The van der Waals surface area contributed by atoms with Gasteiger partial charge >= 0.3 is 0 Å². The molecule has 0 amide bonds. The van der Waals surface area contributed by atoms with Gasteiger partial charge in [-0.3, -0.25) is 4.72 Å². The molecule has 0 saturated carbocycles. The number of rotatable bonds is 5. The lowest BCUT2D eigenvalue weighted by Gasteiger charge is -2.11. The molecule has 0 aliphatic rings. The predicted molar refractivity (Wildman–Crippen MR) is 102 cm³/mol. The van der Waals surface area contributed by atoms with Crippen LogP contribution in [0.15, 0.2) is 59.6 Å². The summed E-state index contributed by atoms with van der Waals surface area (Å²) in [6, 6.07) is 14.8. The number of ether oxygens (including phenoxy) is 1. The number of pyridine rings is 1. The van der Waals surface area contributed by atoms with E-state index in [9.17, 15) is 18.1 Å². The maximum absolute atomic E-state index is 12.9. The third-order valence-electron chi connectivity index (χ3n) is 3.91. The van der Waals surface area contributed by atoms with Crippen molar-refractivity contribution in [1.29, 1.82) is 10.5 Å². The molecule has 7 nitrogen and oxygen atoms in total. The molecular weight excluding hydrogens is 395 g/mol. The van der Waals surface area contributed by atoms with Crippen molar-refractivity contribution in [2.75, 3.05) is 4.72 Å². The van der Waals surface area contributed by atoms with Crippen molar-refractivity contribution in [3.05, 3.63) is 77.2 Å². The van der Waals surface area contributed by atoms with Crippen molar-refractivity contribution in [3.63, 3.8) is 0 Å². The van der Waals surface area contributed by atoms with Crippen LogP contribution in [0.25, 0.3) is 0 Å². The van der Waals surface area contributed by atoms with Gasteiger partial charge in [-0.15, -0.1) is 0 Å². The molecule has 0 saturated heterocycles. The summed E-state index contributed by atoms with van der Waals surface area (Å²) in [5.74, 6) is -0.183. The van der Waals surface area contributed by atoms with Gasteiger partial charge in [-0.1, -0.05) is 6.07 Å². The van der Waals surface area contributed by atoms with Crippen LogP contribution >= 0.6 is 0 Å². The highest BCUT2D eigenvalue weighted by molar-refractivity contribution is 7.92. The predicted octanol–water partition coefficient (Wildman–Crippen LogP) is 3.87. The van der Waals surface area contributed by atoms with Gasteiger partial charge in [0.25, 0.3) is 10.0 Å². The normalized spacial score (nSPS) is 10.6. The number of halogens is 1. The van der Waals surface area contributed by atoms with Crippen molar-refractivity contribution >= 4 is 15.8 Å². The Labute approximate surface area is 166 Å². The zero-order valence-corrected chi connectivity index (χ0v) is 15.9. The average Bonchev–Trinajstić information content (AvgIpc) is 2.71. The first-order valence-electron chi connectivity index (χ1n) is 8.19. The summed E-state index contributed by atoms with van der Waals surface area (Å²) in [6.07, 6.45) is 0.882. The van der Waals surface area contributed by atoms with Gasteiger partial charge in [-0.25, -0.2) is 17.8 Å². The highest BCUT2D eigenvalue weighted by Crippen LogP contribution is 2.29. The lowest BCUT2D eigenvalue weighted by Crippen LogP contribution is -2.14. The number of benzene rings is 2. The molecule has 3 aromatic rings. The fourth-order valence-electron chi connectivity index (χ4n) is 2.40. The smallest absolute Gasteiger partial charge is 0.263 e. The first-order chi connectivity index (χ1) is 13.8. The Morgan fingerprint density at radius 2 is 1.79 bits per heavy atom. The van der Waals surface area contributed by atoms with Crippen molar-refractivity contribution in [2.24, 2.45) is 0 Å². The van der Waals surface area contributed by atoms with Crippen LogP contribution in [0, 0.1) is 35.4 Å². The van der Waals surface area contributed by atoms with E-state index < -0.39 is 15.8 Å². The lowest BCUT2D eigenvalue weighted by molar-refractivity contribution is 0.480. The van der Waals surface area contributed by atoms with E-state index in [1.54, 1.807) is 19.1 Å². The number of nitriles is 2. The molecular formula is C20H13FN4O3S. The van der Waals surface area contributed by atoms with E-state index in [4.69, 9.17) is 10.00 Å². The third-order valence-corrected chi connectivity index (χ3v) is 5.26. The summed E-state index contributed by atoms with van der Waals surface area (Å²) in [7, 11) is -4.05. The Balaban J connectivity index is 1.89. The Kier molecular flexibility index (Phi) is 5.44. The van der Waals surface area contributed by atoms with Crippen LogP contribution in [0.3, 0.4) is 0 Å². The molecule has 0 aliphatic heterocycles. The van der Waals surface area contributed by atoms with Crippen LogP contribution in [0.2, 0.25) is 0 Å². The van der Waals surface area contributed by atoms with E-state index >= 15 is 0 Å². The van der Waals surface area contributed by atoms with E-state index in [0.29, 0.717) is 11.3 Å². The fraction of sp³-hybridized carbons (Fsp3) is 0.0500. The van der Waals surface area contributed by atoms with Crippen LogP contribution in [-0.2, 0) is 10.0 Å². The number of nitrogens with one attached hydrogen (secondary N) is 1. The van der Waals surface area contributed by atoms with E-state index in [1.807, 2.05) is 12.1 Å². The SMILES string of the molecule is Cc1ccc(Oc2ccc(S(=O)(=O)Nc3ccc(F)cn3)cc2C#N)cc1C#N. The largest absolute Gasteiger partial charge is 0.456 e. The summed E-state index contributed by atoms with van der Waals surface area (Å²) in [6.45, 7) is 1.78. The summed E-state index contributed by atoms with van der Waals surface area (Å²) in [5.41, 5.74) is 1.19. The molecule has 0 bridgehead atoms. The van der Waals surface area contributed by atoms with Crippen molar-refractivity contribution < 1.29 is 17.5 Å². The molecule has 0 spiro atoms. The molecule has 9 heteroatoms. The van der Waals surface area contributed by atoms with Crippen molar-refractivity contribution in [3.8, 4) is 23.6 Å². The van der Waals surface area contributed by atoms with Crippen LogP contribution in [0.1, 0.15) is 16.7 Å². The van der Waals surface area contributed by atoms with Crippen LogP contribution < -0.4 is 9.46 Å². The lowest BCUT2D eigenvalue weighted by atomic mass is 10.1. The van der Waals surface area contributed by atoms with E-state index in [0.717, 1.165) is 23.9 Å². The summed E-state index contributed by atoms with van der Waals surface area (Å²) < 4.78 is 45.8. The Morgan fingerprint density at radius 1 is 1.03 bits per heavy atom. The van der Waals surface area contributed by atoms with Gasteiger partial charge in [-0.2, -0.15) is 10.5 Å². The topological polar surface area (TPSA) is 116 Å². The van der Waals surface area contributed by atoms with Gasteiger partial charge in [0.2, 0.25) is 0 Å². The van der Waals surface area contributed by atoms with Gasteiger partial charge in [0.15, 0.2) is 0 Å². The van der Waals surface area contributed by atoms with Gasteiger partial charge in [0, 0.05) is 0 Å². The summed E-state index contributed by atoms with van der Waals surface area (Å²) >= 11 is 0. The van der Waals surface area contributed by atoms with E-state index in [1.165, 1.54) is 24.3 Å². The Bertz CT molecular complexity index is 1260. The quantitative estimate of drug-likeness (QED) is 0.685. The maximum Gasteiger partial charge on any atom is 0.263 e. The molecule has 0 unspecified atom stereocenters. The van der Waals surface area contributed by atoms with Crippen molar-refractivity contribution in [2.45, 2.75) is 11.8 Å². The van der Waals surface area contributed by atoms with Gasteiger partial charge in [-0.05, 0) is 55.0 Å². The Morgan fingerprint density at radius 3 is 2.45 bits per heavy atom. The number of aryl methyl sites for hydroxylation is 1. The second kappa shape index (κ2) is 7.97. The Hall–Kier alpha value is -3.95. The third kappa shape index (κ3) is 4.49. The average molecular weight is 408 g/mol. The minimum Gasteiger partial charge on any atom is -0.456 e. The molecule has 29 heavy (non-hydrogen) atoms. The first kappa shape index (κ1) is 19.8. The molecule has 0 fully saturated rings. The number of anilines is 1. The zero-order valence-electron chi connectivity index (χ0n) is 15.0. The minimum atomic E-state index is -4.05. The van der Waals surface area contributed by atoms with Gasteiger partial charge in [0.05, 0.1) is 28.3 Å².